The van der Waals surface area contributed by atoms with Gasteiger partial charge in [-0.3, -0.25) is 4.57 Å². The normalized spacial score (nSPS) is 22.5. The van der Waals surface area contributed by atoms with Crippen LogP contribution in [0.2, 0.25) is 0 Å². The number of nitrogens with zero attached hydrogens (tertiary/aromatic N) is 3. The van der Waals surface area contributed by atoms with Gasteiger partial charge in [0, 0.05) is 31.7 Å². The van der Waals surface area contributed by atoms with E-state index in [1.54, 1.807) is 21.0 Å². The Kier molecular flexibility index (Phi) is 5.37. The fourth-order valence-corrected chi connectivity index (χ4v) is 6.11. The molecule has 2 saturated heterocycles. The average molecular weight is 408 g/mol. The van der Waals surface area contributed by atoms with Crippen LogP contribution in [0, 0.1) is 5.92 Å². The number of piperidine rings is 1. The fourth-order valence-electron chi connectivity index (χ4n) is 4.54. The van der Waals surface area contributed by atoms with Gasteiger partial charge in [-0.15, -0.1) is 0 Å². The zero-order valence-electron chi connectivity index (χ0n) is 16.6. The fraction of sp³-hybridized carbons (Fsp3) is 0.650. The molecule has 7 nitrogen and oxygen atoms in total. The minimum absolute atomic E-state index is 0.0513. The van der Waals surface area contributed by atoms with E-state index in [9.17, 15) is 13.2 Å². The Hall–Kier alpha value is -1.64. The van der Waals surface area contributed by atoms with Crippen LogP contribution in [0.3, 0.4) is 0 Å². The molecular formula is C20H29N3O4S. The number of sulfonamides is 1. The van der Waals surface area contributed by atoms with E-state index in [1.165, 1.54) is 18.9 Å². The molecule has 2 aromatic rings. The van der Waals surface area contributed by atoms with Crippen LogP contribution < -0.4 is 5.76 Å². The Labute approximate surface area is 166 Å². The van der Waals surface area contributed by atoms with E-state index >= 15 is 0 Å². The second-order valence-electron chi connectivity index (χ2n) is 8.34. The van der Waals surface area contributed by atoms with E-state index < -0.39 is 15.8 Å². The van der Waals surface area contributed by atoms with Gasteiger partial charge in [0.15, 0.2) is 5.58 Å². The molecule has 1 aromatic carbocycles. The van der Waals surface area contributed by atoms with E-state index in [0.717, 1.165) is 32.5 Å². The summed E-state index contributed by atoms with van der Waals surface area (Å²) in [6.45, 7) is 8.15. The van der Waals surface area contributed by atoms with Gasteiger partial charge in [-0.2, -0.15) is 4.31 Å². The molecule has 28 heavy (non-hydrogen) atoms. The third-order valence-electron chi connectivity index (χ3n) is 5.94. The van der Waals surface area contributed by atoms with Crippen molar-refractivity contribution in [1.82, 2.24) is 13.8 Å². The molecule has 4 rings (SSSR count). The molecule has 2 aliphatic heterocycles. The van der Waals surface area contributed by atoms with Crippen LogP contribution in [0.25, 0.3) is 11.1 Å². The minimum Gasteiger partial charge on any atom is -0.408 e. The Morgan fingerprint density at radius 2 is 1.89 bits per heavy atom. The molecule has 0 N–H and O–H groups in total. The topological polar surface area (TPSA) is 75.8 Å². The first-order valence-electron chi connectivity index (χ1n) is 10.2. The zero-order valence-corrected chi connectivity index (χ0v) is 17.5. The van der Waals surface area contributed by atoms with Crippen LogP contribution in [0.4, 0.5) is 0 Å². The van der Waals surface area contributed by atoms with E-state index in [0.29, 0.717) is 30.1 Å². The highest BCUT2D eigenvalue weighted by atomic mass is 32.2. The lowest BCUT2D eigenvalue weighted by atomic mass is 9.99. The highest BCUT2D eigenvalue weighted by Crippen LogP contribution is 2.27. The number of hydrogen-bond donors (Lipinski definition) is 0. The number of likely N-dealkylation sites (tertiary alicyclic amines) is 1. The number of oxazole rings is 1. The Balaban J connectivity index is 1.57. The Bertz CT molecular complexity index is 1000. The molecule has 0 aliphatic carbocycles. The first-order valence-corrected chi connectivity index (χ1v) is 11.7. The Morgan fingerprint density at radius 1 is 1.14 bits per heavy atom. The van der Waals surface area contributed by atoms with Gasteiger partial charge in [-0.05, 0) is 70.7 Å². The van der Waals surface area contributed by atoms with Gasteiger partial charge in [0.05, 0.1) is 10.4 Å². The summed E-state index contributed by atoms with van der Waals surface area (Å²) in [6.07, 6.45) is 4.46. The summed E-state index contributed by atoms with van der Waals surface area (Å²) < 4.78 is 34.9. The minimum atomic E-state index is -3.60. The number of rotatable bonds is 5. The summed E-state index contributed by atoms with van der Waals surface area (Å²) in [7, 11) is -3.60. The molecule has 1 atom stereocenters. The summed E-state index contributed by atoms with van der Waals surface area (Å²) in [4.78, 5) is 14.7. The molecule has 1 unspecified atom stereocenters. The SMILES string of the molecule is CC(C)n1c(=O)oc2cc(S(=O)(=O)N3CCCC(CN4CCCC4)C3)ccc21. The lowest BCUT2D eigenvalue weighted by Gasteiger charge is -2.34. The van der Waals surface area contributed by atoms with Crippen LogP contribution in [0.15, 0.2) is 32.3 Å². The van der Waals surface area contributed by atoms with Crippen molar-refractivity contribution in [2.45, 2.75) is 50.5 Å². The predicted octanol–water partition coefficient (Wildman–Crippen LogP) is 2.67. The molecule has 2 fully saturated rings. The van der Waals surface area contributed by atoms with Crippen LogP contribution in [-0.2, 0) is 10.0 Å². The molecule has 0 saturated carbocycles. The largest absolute Gasteiger partial charge is 0.420 e. The first-order chi connectivity index (χ1) is 13.4. The number of aromatic nitrogens is 1. The quantitative estimate of drug-likeness (QED) is 0.762. The smallest absolute Gasteiger partial charge is 0.408 e. The Morgan fingerprint density at radius 3 is 2.61 bits per heavy atom. The van der Waals surface area contributed by atoms with E-state index in [4.69, 9.17) is 4.42 Å². The molecule has 154 valence electrons. The van der Waals surface area contributed by atoms with Crippen molar-refractivity contribution in [3.63, 3.8) is 0 Å². The molecule has 2 aliphatic rings. The maximum absolute atomic E-state index is 13.2. The van der Waals surface area contributed by atoms with E-state index in [2.05, 4.69) is 4.90 Å². The highest BCUT2D eigenvalue weighted by Gasteiger charge is 2.32. The molecule has 0 radical (unpaired) electrons. The van der Waals surface area contributed by atoms with Crippen LogP contribution in [0.5, 0.6) is 0 Å². The van der Waals surface area contributed by atoms with Crippen molar-refractivity contribution in [1.29, 1.82) is 0 Å². The third kappa shape index (κ3) is 3.65. The summed E-state index contributed by atoms with van der Waals surface area (Å²) in [5.41, 5.74) is 0.954. The average Bonchev–Trinajstić information content (AvgIpc) is 3.27. The van der Waals surface area contributed by atoms with Gasteiger partial charge >= 0.3 is 5.76 Å². The van der Waals surface area contributed by atoms with Crippen LogP contribution >= 0.6 is 0 Å². The lowest BCUT2D eigenvalue weighted by molar-refractivity contribution is 0.200. The monoisotopic (exact) mass is 407 g/mol. The van der Waals surface area contributed by atoms with Gasteiger partial charge in [0.25, 0.3) is 0 Å². The van der Waals surface area contributed by atoms with Gasteiger partial charge in [-0.25, -0.2) is 13.2 Å². The molecule has 8 heteroatoms. The number of hydrogen-bond acceptors (Lipinski definition) is 5. The van der Waals surface area contributed by atoms with E-state index in [1.807, 2.05) is 13.8 Å². The number of benzene rings is 1. The highest BCUT2D eigenvalue weighted by molar-refractivity contribution is 7.89. The van der Waals surface area contributed by atoms with Gasteiger partial charge in [0.2, 0.25) is 10.0 Å². The first kappa shape index (κ1) is 19.7. The molecule has 1 aromatic heterocycles. The van der Waals surface area contributed by atoms with Crippen molar-refractivity contribution in [2.24, 2.45) is 5.92 Å². The van der Waals surface area contributed by atoms with Crippen LogP contribution in [0.1, 0.15) is 45.6 Å². The molecule has 0 spiro atoms. The van der Waals surface area contributed by atoms with Crippen molar-refractivity contribution < 1.29 is 12.8 Å². The lowest BCUT2D eigenvalue weighted by Crippen LogP contribution is -2.43. The maximum atomic E-state index is 13.2. The van der Waals surface area contributed by atoms with Crippen molar-refractivity contribution in [2.75, 3.05) is 32.7 Å². The van der Waals surface area contributed by atoms with Crippen molar-refractivity contribution >= 4 is 21.1 Å². The summed E-state index contributed by atoms with van der Waals surface area (Å²) in [6, 6.07) is 4.72. The second-order valence-corrected chi connectivity index (χ2v) is 10.3. The molecule has 3 heterocycles. The predicted molar refractivity (Wildman–Crippen MR) is 108 cm³/mol. The number of fused-ring (bicyclic) bond motifs is 1. The van der Waals surface area contributed by atoms with Crippen molar-refractivity contribution in [3.05, 3.63) is 28.7 Å². The van der Waals surface area contributed by atoms with Gasteiger partial charge in [-0.1, -0.05) is 0 Å². The van der Waals surface area contributed by atoms with Crippen LogP contribution in [-0.4, -0.2) is 54.9 Å². The third-order valence-corrected chi connectivity index (χ3v) is 7.80. The molecule has 0 bridgehead atoms. The standard InChI is InChI=1S/C20H29N3O4S/c1-15(2)23-18-8-7-17(12-19(18)27-20(23)24)28(25,26)22-11-5-6-16(14-22)13-21-9-3-4-10-21/h7-8,12,15-16H,3-6,9-11,13-14H2,1-2H3. The maximum Gasteiger partial charge on any atom is 0.420 e. The van der Waals surface area contributed by atoms with Gasteiger partial charge in [0.1, 0.15) is 0 Å². The zero-order chi connectivity index (χ0) is 19.9. The summed E-state index contributed by atoms with van der Waals surface area (Å²) in [5, 5.41) is 0. The van der Waals surface area contributed by atoms with Gasteiger partial charge < -0.3 is 9.32 Å². The second kappa shape index (κ2) is 7.65. The van der Waals surface area contributed by atoms with Crippen molar-refractivity contribution in [3.8, 4) is 0 Å². The molecular weight excluding hydrogens is 378 g/mol. The van der Waals surface area contributed by atoms with E-state index in [-0.39, 0.29) is 10.9 Å². The molecule has 0 amide bonds. The summed E-state index contributed by atoms with van der Waals surface area (Å²) >= 11 is 0. The summed E-state index contributed by atoms with van der Waals surface area (Å²) in [5.74, 6) is -0.0755.